The Kier molecular flexibility index (Phi) is 3.68. The quantitative estimate of drug-likeness (QED) is 0.775. The Labute approximate surface area is 98.9 Å². The van der Waals surface area contributed by atoms with Crippen LogP contribution < -0.4 is 5.32 Å². The van der Waals surface area contributed by atoms with Crippen molar-refractivity contribution < 1.29 is 14.3 Å². The zero-order valence-corrected chi connectivity index (χ0v) is 9.40. The molecule has 1 fully saturated rings. The van der Waals surface area contributed by atoms with Gasteiger partial charge in [-0.15, -0.1) is 0 Å². The molecule has 1 amide bonds. The summed E-state index contributed by atoms with van der Waals surface area (Å²) < 4.78 is 12.6. The standard InChI is InChI=1S/C12H15FN2O2/c13-11-5-4-8(6-14-11)12(17)15-10-3-1-2-9(10)7-16/h4-6,9-10,16H,1-3,7H2,(H,15,17). The molecule has 1 aliphatic carbocycles. The zero-order valence-electron chi connectivity index (χ0n) is 9.40. The van der Waals surface area contributed by atoms with Crippen LogP contribution in [-0.2, 0) is 0 Å². The molecule has 1 saturated carbocycles. The molecule has 2 N–H and O–H groups in total. The Morgan fingerprint density at radius 3 is 3.00 bits per heavy atom. The second-order valence-electron chi connectivity index (χ2n) is 4.32. The molecule has 0 aromatic carbocycles. The van der Waals surface area contributed by atoms with Gasteiger partial charge in [-0.1, -0.05) is 6.42 Å². The summed E-state index contributed by atoms with van der Waals surface area (Å²) in [5.41, 5.74) is 0.343. The van der Waals surface area contributed by atoms with Gasteiger partial charge in [-0.3, -0.25) is 4.79 Å². The second-order valence-corrected chi connectivity index (χ2v) is 4.32. The molecule has 2 unspecified atom stereocenters. The highest BCUT2D eigenvalue weighted by Crippen LogP contribution is 2.25. The highest BCUT2D eigenvalue weighted by Gasteiger charge is 2.28. The number of hydrogen-bond donors (Lipinski definition) is 2. The predicted octanol–water partition coefficient (Wildman–Crippen LogP) is 1.11. The molecule has 0 spiro atoms. The van der Waals surface area contributed by atoms with Crippen molar-refractivity contribution in [3.8, 4) is 0 Å². The third-order valence-corrected chi connectivity index (χ3v) is 3.20. The van der Waals surface area contributed by atoms with Crippen LogP contribution in [0.15, 0.2) is 18.3 Å². The number of amides is 1. The van der Waals surface area contributed by atoms with Gasteiger partial charge in [0.25, 0.3) is 5.91 Å². The van der Waals surface area contributed by atoms with Crippen LogP contribution >= 0.6 is 0 Å². The maximum Gasteiger partial charge on any atom is 0.253 e. The summed E-state index contributed by atoms with van der Waals surface area (Å²) in [4.78, 5) is 15.3. The summed E-state index contributed by atoms with van der Waals surface area (Å²) in [5.74, 6) is -0.731. The van der Waals surface area contributed by atoms with Gasteiger partial charge in [0, 0.05) is 24.8 Å². The molecule has 1 heterocycles. The molecular formula is C12H15FN2O2. The van der Waals surface area contributed by atoms with E-state index in [4.69, 9.17) is 5.11 Å². The molecule has 1 aromatic heterocycles. The van der Waals surface area contributed by atoms with Crippen LogP contribution in [0.2, 0.25) is 0 Å². The molecule has 4 nitrogen and oxygen atoms in total. The van der Waals surface area contributed by atoms with Gasteiger partial charge in [-0.05, 0) is 25.0 Å². The minimum atomic E-state index is -0.601. The number of carbonyl (C=O) groups excluding carboxylic acids is 1. The van der Waals surface area contributed by atoms with Crippen LogP contribution in [0.3, 0.4) is 0 Å². The fourth-order valence-corrected chi connectivity index (χ4v) is 2.21. The van der Waals surface area contributed by atoms with Crippen LogP contribution in [0.1, 0.15) is 29.6 Å². The van der Waals surface area contributed by atoms with E-state index >= 15 is 0 Å². The van der Waals surface area contributed by atoms with Gasteiger partial charge in [0.2, 0.25) is 5.95 Å². The van der Waals surface area contributed by atoms with Crippen LogP contribution in [0.4, 0.5) is 4.39 Å². The Hall–Kier alpha value is -1.49. The van der Waals surface area contributed by atoms with E-state index in [0.29, 0.717) is 5.56 Å². The SMILES string of the molecule is O=C(NC1CCCC1CO)c1ccc(F)nc1. The minimum absolute atomic E-state index is 0.0116. The Bertz CT molecular complexity index is 394. The lowest BCUT2D eigenvalue weighted by Gasteiger charge is -2.18. The average molecular weight is 238 g/mol. The van der Waals surface area contributed by atoms with Gasteiger partial charge in [0.1, 0.15) is 0 Å². The van der Waals surface area contributed by atoms with Gasteiger partial charge in [0.15, 0.2) is 0 Å². The number of aromatic nitrogens is 1. The van der Waals surface area contributed by atoms with Crippen LogP contribution in [0, 0.1) is 11.9 Å². The first-order chi connectivity index (χ1) is 8.20. The van der Waals surface area contributed by atoms with Crippen molar-refractivity contribution in [3.05, 3.63) is 29.8 Å². The van der Waals surface area contributed by atoms with Crippen molar-refractivity contribution in [2.45, 2.75) is 25.3 Å². The number of aliphatic hydroxyl groups excluding tert-OH is 1. The van der Waals surface area contributed by atoms with Gasteiger partial charge >= 0.3 is 0 Å². The average Bonchev–Trinajstić information content (AvgIpc) is 2.77. The number of pyridine rings is 1. The lowest BCUT2D eigenvalue weighted by molar-refractivity contribution is 0.0915. The minimum Gasteiger partial charge on any atom is -0.396 e. The Morgan fingerprint density at radius 1 is 1.53 bits per heavy atom. The summed E-state index contributed by atoms with van der Waals surface area (Å²) in [6.07, 6.45) is 4.04. The summed E-state index contributed by atoms with van der Waals surface area (Å²) in [5, 5.41) is 12.0. The smallest absolute Gasteiger partial charge is 0.253 e. The number of aliphatic hydroxyl groups is 1. The second kappa shape index (κ2) is 5.23. The summed E-state index contributed by atoms with van der Waals surface area (Å²) in [6.45, 7) is 0.0899. The molecule has 0 radical (unpaired) electrons. The Morgan fingerprint density at radius 2 is 2.35 bits per heavy atom. The molecule has 17 heavy (non-hydrogen) atoms. The molecule has 1 aromatic rings. The van der Waals surface area contributed by atoms with Crippen molar-refractivity contribution in [2.75, 3.05) is 6.61 Å². The van der Waals surface area contributed by atoms with Gasteiger partial charge in [0.05, 0.1) is 5.56 Å². The predicted molar refractivity (Wildman–Crippen MR) is 59.9 cm³/mol. The molecular weight excluding hydrogens is 223 g/mol. The van der Waals surface area contributed by atoms with Crippen molar-refractivity contribution in [3.63, 3.8) is 0 Å². The van der Waals surface area contributed by atoms with E-state index in [2.05, 4.69) is 10.3 Å². The first-order valence-corrected chi connectivity index (χ1v) is 5.74. The van der Waals surface area contributed by atoms with E-state index in [1.807, 2.05) is 0 Å². The fraction of sp³-hybridized carbons (Fsp3) is 0.500. The van der Waals surface area contributed by atoms with E-state index in [1.54, 1.807) is 0 Å². The van der Waals surface area contributed by atoms with E-state index in [-0.39, 0.29) is 24.5 Å². The molecule has 5 heteroatoms. The maximum absolute atomic E-state index is 12.6. The van der Waals surface area contributed by atoms with E-state index < -0.39 is 5.95 Å². The largest absolute Gasteiger partial charge is 0.396 e. The molecule has 0 bridgehead atoms. The van der Waals surface area contributed by atoms with Crippen molar-refractivity contribution >= 4 is 5.91 Å². The van der Waals surface area contributed by atoms with Crippen LogP contribution in [0.5, 0.6) is 0 Å². The van der Waals surface area contributed by atoms with Gasteiger partial charge in [-0.25, -0.2) is 4.98 Å². The highest BCUT2D eigenvalue weighted by atomic mass is 19.1. The molecule has 0 aliphatic heterocycles. The number of halogens is 1. The summed E-state index contributed by atoms with van der Waals surface area (Å²) in [6, 6.07) is 2.57. The molecule has 92 valence electrons. The Balaban J connectivity index is 1.99. The van der Waals surface area contributed by atoms with E-state index in [9.17, 15) is 9.18 Å². The first kappa shape index (κ1) is 12.0. The zero-order chi connectivity index (χ0) is 12.3. The monoisotopic (exact) mass is 238 g/mol. The van der Waals surface area contributed by atoms with Gasteiger partial charge < -0.3 is 10.4 Å². The molecule has 2 atom stereocenters. The summed E-state index contributed by atoms with van der Waals surface area (Å²) >= 11 is 0. The molecule has 1 aliphatic rings. The topological polar surface area (TPSA) is 62.2 Å². The number of nitrogens with one attached hydrogen (secondary N) is 1. The maximum atomic E-state index is 12.6. The van der Waals surface area contributed by atoms with E-state index in [0.717, 1.165) is 25.3 Å². The highest BCUT2D eigenvalue weighted by molar-refractivity contribution is 5.94. The fourth-order valence-electron chi connectivity index (χ4n) is 2.21. The molecule has 0 saturated heterocycles. The van der Waals surface area contributed by atoms with Crippen LogP contribution in [0.25, 0.3) is 0 Å². The third kappa shape index (κ3) is 2.79. The number of nitrogens with zero attached hydrogens (tertiary/aromatic N) is 1. The van der Waals surface area contributed by atoms with Crippen molar-refractivity contribution in [1.29, 1.82) is 0 Å². The number of rotatable bonds is 3. The molecule has 2 rings (SSSR count). The van der Waals surface area contributed by atoms with Crippen molar-refractivity contribution in [2.24, 2.45) is 5.92 Å². The summed E-state index contributed by atoms with van der Waals surface area (Å²) in [7, 11) is 0. The van der Waals surface area contributed by atoms with E-state index in [1.165, 1.54) is 12.3 Å². The third-order valence-electron chi connectivity index (χ3n) is 3.20. The van der Waals surface area contributed by atoms with Crippen LogP contribution in [-0.4, -0.2) is 28.6 Å². The van der Waals surface area contributed by atoms with Gasteiger partial charge in [-0.2, -0.15) is 4.39 Å². The van der Waals surface area contributed by atoms with Crippen molar-refractivity contribution in [1.82, 2.24) is 10.3 Å². The normalized spacial score (nSPS) is 23.6. The number of carbonyl (C=O) groups is 1. The lowest BCUT2D eigenvalue weighted by Crippen LogP contribution is -2.38. The number of hydrogen-bond acceptors (Lipinski definition) is 3. The lowest BCUT2D eigenvalue weighted by atomic mass is 10.0. The first-order valence-electron chi connectivity index (χ1n) is 5.74.